The zero-order valence-corrected chi connectivity index (χ0v) is 12.9. The van der Waals surface area contributed by atoms with E-state index >= 15 is 0 Å². The summed E-state index contributed by atoms with van der Waals surface area (Å²) >= 11 is 0. The molecule has 1 unspecified atom stereocenters. The van der Waals surface area contributed by atoms with Gasteiger partial charge in [0.2, 0.25) is 0 Å². The zero-order chi connectivity index (χ0) is 15.7. The van der Waals surface area contributed by atoms with Crippen molar-refractivity contribution in [2.75, 3.05) is 0 Å². The summed E-state index contributed by atoms with van der Waals surface area (Å²) in [5.74, 6) is 0.0752. The van der Waals surface area contributed by atoms with Gasteiger partial charge in [0.05, 0.1) is 17.7 Å². The second-order valence-electron chi connectivity index (χ2n) is 5.80. The predicted molar refractivity (Wildman–Crippen MR) is 85.8 cm³/mol. The van der Waals surface area contributed by atoms with Crippen LogP contribution in [-0.2, 0) is 6.54 Å². The molecule has 0 aliphatic carbocycles. The third kappa shape index (κ3) is 2.43. The summed E-state index contributed by atoms with van der Waals surface area (Å²) in [5.41, 5.74) is 3.25. The molecule has 3 nitrogen and oxygen atoms in total. The first kappa shape index (κ1) is 14.5. The topological polar surface area (TPSA) is 37.4 Å². The van der Waals surface area contributed by atoms with Crippen LogP contribution < -0.4 is 0 Å². The lowest BCUT2D eigenvalue weighted by molar-refractivity contribution is 0.0642. The molecule has 0 bridgehead atoms. The molecule has 1 atom stereocenters. The van der Waals surface area contributed by atoms with Crippen LogP contribution in [0.2, 0.25) is 0 Å². The Labute approximate surface area is 130 Å². The predicted octanol–water partition coefficient (Wildman–Crippen LogP) is 4.00. The van der Waals surface area contributed by atoms with Gasteiger partial charge in [-0.25, -0.2) is 0 Å². The Hall–Kier alpha value is -2.42. The third-order valence-electron chi connectivity index (χ3n) is 4.35. The molecule has 1 aliphatic heterocycles. The van der Waals surface area contributed by atoms with Crippen molar-refractivity contribution in [1.82, 2.24) is 4.90 Å². The Morgan fingerprint density at radius 1 is 0.955 bits per heavy atom. The number of amides is 2. The van der Waals surface area contributed by atoms with Crippen LogP contribution in [0, 0.1) is 0 Å². The highest BCUT2D eigenvalue weighted by Gasteiger charge is 2.34. The van der Waals surface area contributed by atoms with E-state index in [2.05, 4.69) is 26.0 Å². The Morgan fingerprint density at radius 3 is 2.18 bits per heavy atom. The first-order chi connectivity index (χ1) is 10.6. The highest BCUT2D eigenvalue weighted by molar-refractivity contribution is 6.21. The van der Waals surface area contributed by atoms with Crippen LogP contribution in [0.4, 0.5) is 0 Å². The smallest absolute Gasteiger partial charge is 0.261 e. The minimum Gasteiger partial charge on any atom is -0.270 e. The van der Waals surface area contributed by atoms with E-state index in [0.29, 0.717) is 23.6 Å². The lowest BCUT2D eigenvalue weighted by atomic mass is 9.97. The van der Waals surface area contributed by atoms with Gasteiger partial charge >= 0.3 is 0 Å². The van der Waals surface area contributed by atoms with Crippen LogP contribution in [-0.4, -0.2) is 16.7 Å². The maximum atomic E-state index is 12.4. The first-order valence-electron chi connectivity index (χ1n) is 7.66. The molecule has 1 heterocycles. The van der Waals surface area contributed by atoms with Crippen LogP contribution in [0.25, 0.3) is 0 Å². The molecule has 0 aromatic heterocycles. The maximum absolute atomic E-state index is 12.4. The minimum atomic E-state index is -0.199. The molecule has 0 radical (unpaired) electrons. The van der Waals surface area contributed by atoms with E-state index in [1.165, 1.54) is 10.5 Å². The molecule has 0 saturated heterocycles. The van der Waals surface area contributed by atoms with E-state index in [1.54, 1.807) is 24.3 Å². The Morgan fingerprint density at radius 2 is 1.59 bits per heavy atom. The van der Waals surface area contributed by atoms with Gasteiger partial charge in [-0.3, -0.25) is 14.5 Å². The van der Waals surface area contributed by atoms with Crippen LogP contribution in [0.15, 0.2) is 48.5 Å². The van der Waals surface area contributed by atoms with Crippen molar-refractivity contribution in [1.29, 1.82) is 0 Å². The Bertz CT molecular complexity index is 701. The molecule has 2 aromatic rings. The van der Waals surface area contributed by atoms with Gasteiger partial charge in [-0.2, -0.15) is 0 Å². The Kier molecular flexibility index (Phi) is 3.80. The van der Waals surface area contributed by atoms with E-state index in [4.69, 9.17) is 0 Å². The number of carbonyl (C=O) groups is 2. The summed E-state index contributed by atoms with van der Waals surface area (Å²) in [6.07, 6.45) is 1.07. The van der Waals surface area contributed by atoms with Crippen LogP contribution in [0.5, 0.6) is 0 Å². The van der Waals surface area contributed by atoms with Gasteiger partial charge in [0.25, 0.3) is 11.8 Å². The second-order valence-corrected chi connectivity index (χ2v) is 5.80. The van der Waals surface area contributed by atoms with Crippen molar-refractivity contribution >= 4 is 11.8 Å². The Balaban J connectivity index is 1.86. The van der Waals surface area contributed by atoms with Gasteiger partial charge in [0.1, 0.15) is 0 Å². The molecule has 0 spiro atoms. The standard InChI is InChI=1S/C19H19NO2/c1-3-13(2)15-8-6-7-14(11-15)12-20-18(21)16-9-4-5-10-17(16)19(20)22/h4-11,13H,3,12H2,1-2H3. The fourth-order valence-corrected chi connectivity index (χ4v) is 2.80. The molecule has 2 amide bonds. The van der Waals surface area contributed by atoms with E-state index in [1.807, 2.05) is 12.1 Å². The summed E-state index contributed by atoms with van der Waals surface area (Å²) in [7, 11) is 0. The van der Waals surface area contributed by atoms with Gasteiger partial charge in [-0.15, -0.1) is 0 Å². The summed E-state index contributed by atoms with van der Waals surface area (Å²) in [4.78, 5) is 26.1. The molecule has 1 aliphatic rings. The van der Waals surface area contributed by atoms with Crippen molar-refractivity contribution in [3.63, 3.8) is 0 Å². The van der Waals surface area contributed by atoms with Crippen molar-refractivity contribution in [3.05, 3.63) is 70.8 Å². The summed E-state index contributed by atoms with van der Waals surface area (Å²) in [5, 5.41) is 0. The molecule has 0 saturated carbocycles. The summed E-state index contributed by atoms with van der Waals surface area (Å²) < 4.78 is 0. The highest BCUT2D eigenvalue weighted by atomic mass is 16.2. The zero-order valence-electron chi connectivity index (χ0n) is 12.9. The molecule has 22 heavy (non-hydrogen) atoms. The lowest BCUT2D eigenvalue weighted by Gasteiger charge is -2.16. The number of rotatable bonds is 4. The van der Waals surface area contributed by atoms with E-state index in [-0.39, 0.29) is 11.8 Å². The average molecular weight is 293 g/mol. The number of imide groups is 1. The monoisotopic (exact) mass is 293 g/mol. The first-order valence-corrected chi connectivity index (χ1v) is 7.66. The number of fused-ring (bicyclic) bond motifs is 1. The van der Waals surface area contributed by atoms with Crippen molar-refractivity contribution < 1.29 is 9.59 Å². The van der Waals surface area contributed by atoms with Crippen LogP contribution in [0.1, 0.15) is 58.0 Å². The quantitative estimate of drug-likeness (QED) is 0.799. The van der Waals surface area contributed by atoms with E-state index < -0.39 is 0 Å². The van der Waals surface area contributed by atoms with Crippen molar-refractivity contribution in [3.8, 4) is 0 Å². The van der Waals surface area contributed by atoms with E-state index in [9.17, 15) is 9.59 Å². The molecule has 0 N–H and O–H groups in total. The molecule has 3 heteroatoms. The minimum absolute atomic E-state index is 0.199. The molecule has 112 valence electrons. The summed E-state index contributed by atoms with van der Waals surface area (Å²) in [6, 6.07) is 15.2. The molecule has 2 aromatic carbocycles. The molecule has 0 fully saturated rings. The molecule has 3 rings (SSSR count). The number of hydrogen-bond acceptors (Lipinski definition) is 2. The normalized spacial score (nSPS) is 15.1. The van der Waals surface area contributed by atoms with E-state index in [0.717, 1.165) is 12.0 Å². The van der Waals surface area contributed by atoms with Gasteiger partial charge in [-0.1, -0.05) is 50.2 Å². The van der Waals surface area contributed by atoms with Crippen molar-refractivity contribution in [2.24, 2.45) is 0 Å². The average Bonchev–Trinajstić information content (AvgIpc) is 2.80. The van der Waals surface area contributed by atoms with Crippen LogP contribution >= 0.6 is 0 Å². The molecular weight excluding hydrogens is 274 g/mol. The van der Waals surface area contributed by atoms with Gasteiger partial charge in [0, 0.05) is 0 Å². The lowest BCUT2D eigenvalue weighted by Crippen LogP contribution is -2.29. The van der Waals surface area contributed by atoms with Crippen molar-refractivity contribution in [2.45, 2.75) is 32.7 Å². The van der Waals surface area contributed by atoms with Gasteiger partial charge in [0.15, 0.2) is 0 Å². The second kappa shape index (κ2) is 5.76. The van der Waals surface area contributed by atoms with Gasteiger partial charge in [-0.05, 0) is 35.6 Å². The van der Waals surface area contributed by atoms with Gasteiger partial charge < -0.3 is 0 Å². The number of benzene rings is 2. The number of carbonyl (C=O) groups excluding carboxylic acids is 2. The maximum Gasteiger partial charge on any atom is 0.261 e. The third-order valence-corrected chi connectivity index (χ3v) is 4.35. The largest absolute Gasteiger partial charge is 0.270 e. The van der Waals surface area contributed by atoms with Crippen LogP contribution in [0.3, 0.4) is 0 Å². The number of hydrogen-bond donors (Lipinski definition) is 0. The number of nitrogens with zero attached hydrogens (tertiary/aromatic N) is 1. The molecular formula is C19H19NO2. The summed E-state index contributed by atoms with van der Waals surface area (Å²) in [6.45, 7) is 4.67. The SMILES string of the molecule is CCC(C)c1cccc(CN2C(=O)c3ccccc3C2=O)c1. The fourth-order valence-electron chi connectivity index (χ4n) is 2.80. The fraction of sp³-hybridized carbons (Fsp3) is 0.263. The highest BCUT2D eigenvalue weighted by Crippen LogP contribution is 2.25.